The first-order chi connectivity index (χ1) is 15.3. The van der Waals surface area contributed by atoms with Crippen LogP contribution in [-0.4, -0.2) is 25.1 Å². The fourth-order valence-corrected chi connectivity index (χ4v) is 6.12. The first kappa shape index (κ1) is 22.5. The number of hydrogen-bond acceptors (Lipinski definition) is 6. The third kappa shape index (κ3) is 5.38. The van der Waals surface area contributed by atoms with Crippen molar-refractivity contribution in [3.05, 3.63) is 82.8 Å². The van der Waals surface area contributed by atoms with Crippen LogP contribution in [0.2, 0.25) is 5.02 Å². The Balaban J connectivity index is 1.56. The molecule has 1 amide bonds. The Labute approximate surface area is 195 Å². The molecule has 0 aliphatic rings. The van der Waals surface area contributed by atoms with Crippen LogP contribution in [0.1, 0.15) is 23.3 Å². The van der Waals surface area contributed by atoms with Crippen LogP contribution in [0.15, 0.2) is 65.3 Å². The van der Waals surface area contributed by atoms with Crippen molar-refractivity contribution in [3.63, 3.8) is 0 Å². The number of benzene rings is 2. The van der Waals surface area contributed by atoms with E-state index in [0.29, 0.717) is 21.5 Å². The van der Waals surface area contributed by atoms with E-state index in [0.717, 1.165) is 15.8 Å². The van der Waals surface area contributed by atoms with Crippen molar-refractivity contribution in [2.75, 3.05) is 10.7 Å². The summed E-state index contributed by atoms with van der Waals surface area (Å²) < 4.78 is 31.5. The third-order valence-corrected chi connectivity index (χ3v) is 7.76. The molecule has 0 bridgehead atoms. The van der Waals surface area contributed by atoms with Crippen molar-refractivity contribution in [1.82, 2.24) is 4.98 Å². The second-order valence-corrected chi connectivity index (χ2v) is 11.1. The van der Waals surface area contributed by atoms with Crippen LogP contribution in [0.5, 0.6) is 0 Å². The third-order valence-electron chi connectivity index (χ3n) is 4.92. The summed E-state index contributed by atoms with van der Waals surface area (Å²) >= 11 is 7.51. The SMILES string of the molecule is Cc1cc(Cl)cc2sc(N(Cc3ccco3)C(=O)CCS(=O)(=O)Cc3ccccc3)nc12. The van der Waals surface area contributed by atoms with E-state index < -0.39 is 9.84 Å². The smallest absolute Gasteiger partial charge is 0.230 e. The molecule has 0 saturated carbocycles. The minimum Gasteiger partial charge on any atom is -0.467 e. The van der Waals surface area contributed by atoms with Gasteiger partial charge in [0, 0.05) is 11.4 Å². The monoisotopic (exact) mass is 488 g/mol. The molecule has 0 aliphatic heterocycles. The van der Waals surface area contributed by atoms with Gasteiger partial charge in [-0.3, -0.25) is 9.69 Å². The van der Waals surface area contributed by atoms with E-state index in [1.165, 1.54) is 22.5 Å². The maximum absolute atomic E-state index is 13.2. The first-order valence-corrected chi connectivity index (χ1v) is 13.0. The highest BCUT2D eigenvalue weighted by molar-refractivity contribution is 7.90. The molecule has 4 rings (SSSR count). The summed E-state index contributed by atoms with van der Waals surface area (Å²) in [4.78, 5) is 19.3. The lowest BCUT2D eigenvalue weighted by atomic mass is 10.2. The molecule has 0 N–H and O–H groups in total. The van der Waals surface area contributed by atoms with Crippen molar-refractivity contribution < 1.29 is 17.6 Å². The van der Waals surface area contributed by atoms with Crippen molar-refractivity contribution in [2.45, 2.75) is 25.6 Å². The molecule has 0 fully saturated rings. The Kier molecular flexibility index (Phi) is 6.64. The molecule has 0 aliphatic carbocycles. The Morgan fingerprint density at radius 3 is 2.66 bits per heavy atom. The number of anilines is 1. The van der Waals surface area contributed by atoms with Gasteiger partial charge < -0.3 is 4.42 Å². The number of sulfone groups is 1. The molecule has 2 aromatic heterocycles. The molecule has 6 nitrogen and oxygen atoms in total. The Hall–Kier alpha value is -2.68. The number of carbonyl (C=O) groups excluding carboxylic acids is 1. The molecule has 0 saturated heterocycles. The van der Waals surface area contributed by atoms with E-state index in [2.05, 4.69) is 4.98 Å². The summed E-state index contributed by atoms with van der Waals surface area (Å²) in [5.41, 5.74) is 2.38. The van der Waals surface area contributed by atoms with E-state index in [-0.39, 0.29) is 30.4 Å². The van der Waals surface area contributed by atoms with Crippen molar-refractivity contribution >= 4 is 54.0 Å². The zero-order valence-corrected chi connectivity index (χ0v) is 19.7. The summed E-state index contributed by atoms with van der Waals surface area (Å²) in [6.45, 7) is 2.07. The number of hydrogen-bond donors (Lipinski definition) is 0. The van der Waals surface area contributed by atoms with Crippen LogP contribution in [0, 0.1) is 6.92 Å². The fourth-order valence-electron chi connectivity index (χ4n) is 3.36. The van der Waals surface area contributed by atoms with Crippen LogP contribution in [0.4, 0.5) is 5.13 Å². The Bertz CT molecular complexity index is 1330. The summed E-state index contributed by atoms with van der Waals surface area (Å²) in [6.07, 6.45) is 1.39. The molecule has 0 spiro atoms. The normalized spacial score (nSPS) is 11.7. The number of aromatic nitrogens is 1. The highest BCUT2D eigenvalue weighted by Crippen LogP contribution is 2.34. The lowest BCUT2D eigenvalue weighted by Crippen LogP contribution is -2.31. The molecule has 0 unspecified atom stereocenters. The predicted octanol–water partition coefficient (Wildman–Crippen LogP) is 5.39. The highest BCUT2D eigenvalue weighted by Gasteiger charge is 2.24. The Morgan fingerprint density at radius 1 is 1.16 bits per heavy atom. The van der Waals surface area contributed by atoms with E-state index in [9.17, 15) is 13.2 Å². The van der Waals surface area contributed by atoms with Crippen LogP contribution >= 0.6 is 22.9 Å². The molecule has 9 heteroatoms. The lowest BCUT2D eigenvalue weighted by Gasteiger charge is -2.18. The second kappa shape index (κ2) is 9.44. The summed E-state index contributed by atoms with van der Waals surface area (Å²) in [5, 5.41) is 1.08. The molecule has 0 atom stereocenters. The molecule has 0 radical (unpaired) electrons. The number of nitrogens with zero attached hydrogens (tertiary/aromatic N) is 2. The fraction of sp³-hybridized carbons (Fsp3) is 0.217. The van der Waals surface area contributed by atoms with Crippen molar-refractivity contribution in [2.24, 2.45) is 0 Å². The van der Waals surface area contributed by atoms with Crippen LogP contribution in [0.25, 0.3) is 10.2 Å². The number of furan rings is 1. The first-order valence-electron chi connectivity index (χ1n) is 9.94. The quantitative estimate of drug-likeness (QED) is 0.332. The molecule has 2 heterocycles. The number of aryl methyl sites for hydroxylation is 1. The second-order valence-electron chi connectivity index (χ2n) is 7.45. The van der Waals surface area contributed by atoms with Gasteiger partial charge in [-0.15, -0.1) is 0 Å². The van der Waals surface area contributed by atoms with Crippen LogP contribution < -0.4 is 4.90 Å². The number of halogens is 1. The maximum atomic E-state index is 13.2. The number of amides is 1. The van der Waals surface area contributed by atoms with Gasteiger partial charge in [0.2, 0.25) is 5.91 Å². The minimum atomic E-state index is -3.45. The number of rotatable bonds is 8. The van der Waals surface area contributed by atoms with Crippen molar-refractivity contribution in [1.29, 1.82) is 0 Å². The average Bonchev–Trinajstić information content (AvgIpc) is 3.40. The van der Waals surface area contributed by atoms with Gasteiger partial charge in [-0.25, -0.2) is 13.4 Å². The van der Waals surface area contributed by atoms with Gasteiger partial charge >= 0.3 is 0 Å². The topological polar surface area (TPSA) is 80.5 Å². The van der Waals surface area contributed by atoms with E-state index >= 15 is 0 Å². The van der Waals surface area contributed by atoms with E-state index in [4.69, 9.17) is 16.0 Å². The van der Waals surface area contributed by atoms with Crippen molar-refractivity contribution in [3.8, 4) is 0 Å². The highest BCUT2D eigenvalue weighted by atomic mass is 35.5. The number of fused-ring (bicyclic) bond motifs is 1. The summed E-state index contributed by atoms with van der Waals surface area (Å²) in [6, 6.07) is 16.1. The molecule has 32 heavy (non-hydrogen) atoms. The standard InChI is InChI=1S/C23H21ClN2O4S2/c1-16-12-18(24)13-20-22(16)25-23(31-20)26(14-19-8-5-10-30-19)21(27)9-11-32(28,29)15-17-6-3-2-4-7-17/h2-8,10,12-13H,9,11,14-15H2,1H3. The van der Waals surface area contributed by atoms with Gasteiger partial charge in [0.1, 0.15) is 5.76 Å². The zero-order chi connectivity index (χ0) is 22.7. The van der Waals surface area contributed by atoms with Crippen LogP contribution in [-0.2, 0) is 26.9 Å². The lowest BCUT2D eigenvalue weighted by molar-refractivity contribution is -0.118. The molecule has 2 aromatic carbocycles. The predicted molar refractivity (Wildman–Crippen MR) is 128 cm³/mol. The summed E-state index contributed by atoms with van der Waals surface area (Å²) in [5.74, 6) is -0.0937. The molecular weight excluding hydrogens is 468 g/mol. The van der Waals surface area contributed by atoms with E-state index in [1.54, 1.807) is 36.4 Å². The minimum absolute atomic E-state index is 0.0991. The maximum Gasteiger partial charge on any atom is 0.230 e. The number of thiazole rings is 1. The zero-order valence-electron chi connectivity index (χ0n) is 17.3. The van der Waals surface area contributed by atoms with Gasteiger partial charge in [0.15, 0.2) is 15.0 Å². The molecular formula is C23H21ClN2O4S2. The Morgan fingerprint density at radius 2 is 1.94 bits per heavy atom. The van der Waals surface area contributed by atoms with Gasteiger partial charge in [-0.1, -0.05) is 53.3 Å². The molecule has 166 valence electrons. The van der Waals surface area contributed by atoms with Crippen LogP contribution in [0.3, 0.4) is 0 Å². The number of carbonyl (C=O) groups is 1. The van der Waals surface area contributed by atoms with Gasteiger partial charge in [0.25, 0.3) is 0 Å². The molecule has 4 aromatic rings. The van der Waals surface area contributed by atoms with Gasteiger partial charge in [0.05, 0.1) is 34.5 Å². The average molecular weight is 489 g/mol. The van der Waals surface area contributed by atoms with Gasteiger partial charge in [-0.05, 0) is 42.3 Å². The van der Waals surface area contributed by atoms with Gasteiger partial charge in [-0.2, -0.15) is 0 Å². The van der Waals surface area contributed by atoms with E-state index in [1.807, 2.05) is 25.1 Å². The summed E-state index contributed by atoms with van der Waals surface area (Å²) in [7, 11) is -3.45. The largest absolute Gasteiger partial charge is 0.467 e.